The molecule has 1 aromatic heterocycles. The quantitative estimate of drug-likeness (QED) is 0.477. The van der Waals surface area contributed by atoms with Crippen LogP contribution in [0.15, 0.2) is 65.7 Å². The molecule has 0 saturated carbocycles. The standard InChI is InChI=1S/C25H29N5O4S/c1-16-13-30(14-17(2)29-16)25(31)20-7-5-19(6-8-20)21-11-23(24(26)28-12-21)34-15-18-3-9-22(10-4-18)35(27,32)33/h3-12,16-17,29H,13-15H2,1-2H3,(H2,26,28)(H2,27,32,33). The maximum atomic E-state index is 12.9. The second kappa shape index (κ2) is 10.0. The van der Waals surface area contributed by atoms with E-state index in [0.717, 1.165) is 16.7 Å². The highest BCUT2D eigenvalue weighted by atomic mass is 32.2. The number of ether oxygens (including phenoxy) is 1. The second-order valence-electron chi connectivity index (χ2n) is 8.84. The predicted molar refractivity (Wildman–Crippen MR) is 134 cm³/mol. The van der Waals surface area contributed by atoms with E-state index in [0.29, 0.717) is 24.4 Å². The van der Waals surface area contributed by atoms with Crippen LogP contribution in [0.2, 0.25) is 0 Å². The molecule has 1 aliphatic heterocycles. The van der Waals surface area contributed by atoms with E-state index in [-0.39, 0.29) is 35.3 Å². The van der Waals surface area contributed by atoms with Crippen LogP contribution < -0.4 is 20.9 Å². The Labute approximate surface area is 205 Å². The Bertz CT molecular complexity index is 1300. The summed E-state index contributed by atoms with van der Waals surface area (Å²) in [4.78, 5) is 19.1. The van der Waals surface area contributed by atoms with Crippen molar-refractivity contribution in [3.63, 3.8) is 0 Å². The number of piperazine rings is 1. The van der Waals surface area contributed by atoms with Gasteiger partial charge in [0.1, 0.15) is 6.61 Å². The van der Waals surface area contributed by atoms with Gasteiger partial charge in [-0.1, -0.05) is 24.3 Å². The fourth-order valence-corrected chi connectivity index (χ4v) is 4.66. The lowest BCUT2D eigenvalue weighted by atomic mass is 10.0. The summed E-state index contributed by atoms with van der Waals surface area (Å²) in [6, 6.07) is 15.8. The molecule has 9 nitrogen and oxygen atoms in total. The Kier molecular flexibility index (Phi) is 7.06. The van der Waals surface area contributed by atoms with Gasteiger partial charge < -0.3 is 20.7 Å². The maximum Gasteiger partial charge on any atom is 0.253 e. The average molecular weight is 496 g/mol. The second-order valence-corrected chi connectivity index (χ2v) is 10.4. The fourth-order valence-electron chi connectivity index (χ4n) is 4.15. The van der Waals surface area contributed by atoms with Gasteiger partial charge >= 0.3 is 0 Å². The Morgan fingerprint density at radius 1 is 1.06 bits per heavy atom. The van der Waals surface area contributed by atoms with Crippen LogP contribution in [0.3, 0.4) is 0 Å². The topological polar surface area (TPSA) is 141 Å². The van der Waals surface area contributed by atoms with Crippen LogP contribution in [-0.4, -0.2) is 49.4 Å². The Hall–Kier alpha value is -3.47. The van der Waals surface area contributed by atoms with Gasteiger partial charge in [-0.05, 0) is 55.3 Å². The molecule has 3 aromatic rings. The molecule has 2 aromatic carbocycles. The summed E-state index contributed by atoms with van der Waals surface area (Å²) in [6.45, 7) is 5.69. The van der Waals surface area contributed by atoms with Crippen LogP contribution in [0.5, 0.6) is 5.75 Å². The first-order valence-electron chi connectivity index (χ1n) is 11.3. The summed E-state index contributed by atoms with van der Waals surface area (Å²) in [6.07, 6.45) is 1.65. The number of primary sulfonamides is 1. The van der Waals surface area contributed by atoms with E-state index in [1.54, 1.807) is 24.4 Å². The van der Waals surface area contributed by atoms with Gasteiger partial charge in [0.25, 0.3) is 5.91 Å². The Balaban J connectivity index is 1.45. The molecule has 4 rings (SSSR count). The van der Waals surface area contributed by atoms with Crippen molar-refractivity contribution in [1.29, 1.82) is 0 Å². The highest BCUT2D eigenvalue weighted by Gasteiger charge is 2.25. The minimum atomic E-state index is -3.75. The highest BCUT2D eigenvalue weighted by Crippen LogP contribution is 2.28. The molecular formula is C25H29N5O4S. The number of nitrogens with zero attached hydrogens (tertiary/aromatic N) is 2. The van der Waals surface area contributed by atoms with Gasteiger partial charge in [-0.2, -0.15) is 0 Å². The number of rotatable bonds is 6. The van der Waals surface area contributed by atoms with Crippen LogP contribution >= 0.6 is 0 Å². The largest absolute Gasteiger partial charge is 0.485 e. The molecule has 0 bridgehead atoms. The molecule has 1 saturated heterocycles. The third-order valence-corrected chi connectivity index (χ3v) is 6.77. The van der Waals surface area contributed by atoms with Crippen molar-refractivity contribution in [2.75, 3.05) is 18.8 Å². The lowest BCUT2D eigenvalue weighted by Crippen LogP contribution is -2.55. The summed E-state index contributed by atoms with van der Waals surface area (Å²) in [7, 11) is -3.75. The Morgan fingerprint density at radius 3 is 2.29 bits per heavy atom. The van der Waals surface area contributed by atoms with Crippen molar-refractivity contribution in [1.82, 2.24) is 15.2 Å². The monoisotopic (exact) mass is 495 g/mol. The third-order valence-electron chi connectivity index (χ3n) is 5.84. The number of anilines is 1. The minimum Gasteiger partial charge on any atom is -0.485 e. The van der Waals surface area contributed by atoms with Crippen molar-refractivity contribution in [2.45, 2.75) is 37.4 Å². The van der Waals surface area contributed by atoms with Gasteiger partial charge in [-0.25, -0.2) is 18.5 Å². The molecule has 2 heterocycles. The number of aromatic nitrogens is 1. The zero-order chi connectivity index (χ0) is 25.2. The van der Waals surface area contributed by atoms with Crippen LogP contribution in [0, 0.1) is 0 Å². The molecule has 1 aliphatic rings. The minimum absolute atomic E-state index is 0.0182. The smallest absolute Gasteiger partial charge is 0.253 e. The van der Waals surface area contributed by atoms with E-state index < -0.39 is 10.0 Å². The molecular weight excluding hydrogens is 466 g/mol. The zero-order valence-electron chi connectivity index (χ0n) is 19.6. The van der Waals surface area contributed by atoms with Crippen LogP contribution in [0.4, 0.5) is 5.82 Å². The van der Waals surface area contributed by atoms with E-state index in [1.165, 1.54) is 12.1 Å². The predicted octanol–water partition coefficient (Wildman–Crippen LogP) is 2.38. The first-order valence-corrected chi connectivity index (χ1v) is 12.8. The van der Waals surface area contributed by atoms with E-state index in [1.807, 2.05) is 29.2 Å². The SMILES string of the molecule is CC1CN(C(=O)c2ccc(-c3cnc(N)c(OCc4ccc(S(N)(=O)=O)cc4)c3)cc2)CC(C)N1. The first-order chi connectivity index (χ1) is 16.6. The number of nitrogens with two attached hydrogens (primary N) is 2. The van der Waals surface area contributed by atoms with E-state index in [2.05, 4.69) is 24.1 Å². The third kappa shape index (κ3) is 5.97. The number of pyridine rings is 1. The van der Waals surface area contributed by atoms with Crippen molar-refractivity contribution in [3.05, 3.63) is 71.9 Å². The fraction of sp³-hybridized carbons (Fsp3) is 0.280. The van der Waals surface area contributed by atoms with E-state index in [9.17, 15) is 13.2 Å². The molecule has 2 atom stereocenters. The number of benzene rings is 2. The number of nitrogens with one attached hydrogen (secondary N) is 1. The van der Waals surface area contributed by atoms with Crippen molar-refractivity contribution >= 4 is 21.7 Å². The molecule has 2 unspecified atom stereocenters. The van der Waals surface area contributed by atoms with Gasteiger partial charge in [-0.15, -0.1) is 0 Å². The number of hydrogen-bond donors (Lipinski definition) is 3. The molecule has 1 amide bonds. The zero-order valence-corrected chi connectivity index (χ0v) is 20.5. The van der Waals surface area contributed by atoms with Crippen LogP contribution in [-0.2, 0) is 16.6 Å². The maximum absolute atomic E-state index is 12.9. The summed E-state index contributed by atoms with van der Waals surface area (Å²) >= 11 is 0. The summed E-state index contributed by atoms with van der Waals surface area (Å²) in [5.41, 5.74) is 9.05. The van der Waals surface area contributed by atoms with Gasteiger partial charge in [0.2, 0.25) is 10.0 Å². The number of carbonyl (C=O) groups excluding carboxylic acids is 1. The molecule has 0 spiro atoms. The number of carbonyl (C=O) groups is 1. The molecule has 35 heavy (non-hydrogen) atoms. The number of hydrogen-bond acceptors (Lipinski definition) is 7. The summed E-state index contributed by atoms with van der Waals surface area (Å²) in [5.74, 6) is 0.662. The summed E-state index contributed by atoms with van der Waals surface area (Å²) in [5, 5.41) is 8.56. The molecule has 5 N–H and O–H groups in total. The molecule has 0 radical (unpaired) electrons. The van der Waals surface area contributed by atoms with E-state index in [4.69, 9.17) is 15.6 Å². The average Bonchev–Trinajstić information content (AvgIpc) is 2.82. The van der Waals surface area contributed by atoms with Gasteiger partial charge in [0, 0.05) is 42.5 Å². The van der Waals surface area contributed by atoms with Crippen molar-refractivity contribution < 1.29 is 17.9 Å². The number of amides is 1. The van der Waals surface area contributed by atoms with Gasteiger partial charge in [0.05, 0.1) is 4.90 Å². The summed E-state index contributed by atoms with van der Waals surface area (Å²) < 4.78 is 28.6. The number of sulfonamides is 1. The number of nitrogen functional groups attached to an aromatic ring is 1. The Morgan fingerprint density at radius 2 is 1.69 bits per heavy atom. The van der Waals surface area contributed by atoms with Crippen molar-refractivity contribution in [2.24, 2.45) is 5.14 Å². The van der Waals surface area contributed by atoms with Crippen LogP contribution in [0.25, 0.3) is 11.1 Å². The van der Waals surface area contributed by atoms with Gasteiger partial charge in [-0.3, -0.25) is 4.79 Å². The molecule has 10 heteroatoms. The normalized spacial score (nSPS) is 18.3. The molecule has 1 fully saturated rings. The van der Waals surface area contributed by atoms with Gasteiger partial charge in [0.15, 0.2) is 11.6 Å². The van der Waals surface area contributed by atoms with E-state index >= 15 is 0 Å². The molecule has 184 valence electrons. The van der Waals surface area contributed by atoms with Crippen LogP contribution in [0.1, 0.15) is 29.8 Å². The van der Waals surface area contributed by atoms with Crippen molar-refractivity contribution in [3.8, 4) is 16.9 Å². The lowest BCUT2D eigenvalue weighted by Gasteiger charge is -2.36. The first kappa shape index (κ1) is 24.6. The lowest BCUT2D eigenvalue weighted by molar-refractivity contribution is 0.0674. The highest BCUT2D eigenvalue weighted by molar-refractivity contribution is 7.89. The molecule has 0 aliphatic carbocycles.